The Balaban J connectivity index is 0. The van der Waals surface area contributed by atoms with E-state index in [-0.39, 0.29) is 6.15 Å². The van der Waals surface area contributed by atoms with Crippen LogP contribution >= 0.6 is 11.6 Å². The molecule has 0 aliphatic rings. The summed E-state index contributed by atoms with van der Waals surface area (Å²) in [6, 6.07) is 1.37. The monoisotopic (exact) mass is 167 g/mol. The lowest BCUT2D eigenvalue weighted by Gasteiger charge is -2.13. The highest BCUT2D eigenvalue weighted by atomic mass is 35.5. The molecule has 3 N–H and O–H groups in total. The number of alkyl halides is 1. The second-order valence-electron chi connectivity index (χ2n) is 3.35. The van der Waals surface area contributed by atoms with Gasteiger partial charge in [-0.05, 0) is 6.42 Å². The fourth-order valence-electron chi connectivity index (χ4n) is 0.597. The van der Waals surface area contributed by atoms with Gasteiger partial charge in [0.05, 0.1) is 0 Å². The summed E-state index contributed by atoms with van der Waals surface area (Å²) in [4.78, 5) is 0. The molecule has 3 heteroatoms. The van der Waals surface area contributed by atoms with Gasteiger partial charge in [0, 0.05) is 14.0 Å². The van der Waals surface area contributed by atoms with E-state index in [4.69, 9.17) is 11.6 Å². The molecule has 0 fully saturated rings. The Bertz CT molecular complexity index is 60.6. The molecule has 0 aromatic carbocycles. The van der Waals surface area contributed by atoms with Crippen LogP contribution in [0.3, 0.4) is 0 Å². The van der Waals surface area contributed by atoms with Gasteiger partial charge < -0.3 is 6.15 Å². The van der Waals surface area contributed by atoms with Crippen molar-refractivity contribution in [2.24, 2.45) is 0 Å². The number of rotatable bonds is 3. The second kappa shape index (κ2) is 5.27. The van der Waals surface area contributed by atoms with Crippen molar-refractivity contribution in [3.8, 4) is 0 Å². The summed E-state index contributed by atoms with van der Waals surface area (Å²) in [7, 11) is -0.763. The highest BCUT2D eigenvalue weighted by Gasteiger charge is 2.10. The predicted octanol–water partition coefficient (Wildman–Crippen LogP) is 3.12. The molecule has 0 aromatic rings. The van der Waals surface area contributed by atoms with Gasteiger partial charge in [-0.1, -0.05) is 25.7 Å². The third kappa shape index (κ3) is 11.8. The maximum Gasteiger partial charge on any atom is 0.0443 e. The highest BCUT2D eigenvalue weighted by molar-refractivity contribution is 6.76. The van der Waals surface area contributed by atoms with Crippen LogP contribution in [0.5, 0.6) is 0 Å². The van der Waals surface area contributed by atoms with Crippen LogP contribution in [0.1, 0.15) is 6.42 Å². The van der Waals surface area contributed by atoms with Crippen molar-refractivity contribution < 1.29 is 0 Å². The lowest BCUT2D eigenvalue weighted by atomic mass is 10.6. The summed E-state index contributed by atoms with van der Waals surface area (Å²) >= 11 is 5.53. The lowest BCUT2D eigenvalue weighted by Crippen LogP contribution is -2.18. The van der Waals surface area contributed by atoms with E-state index in [1.807, 2.05) is 0 Å². The Morgan fingerprint density at radius 2 is 1.67 bits per heavy atom. The van der Waals surface area contributed by atoms with Gasteiger partial charge in [0.15, 0.2) is 0 Å². The van der Waals surface area contributed by atoms with Gasteiger partial charge in [0.2, 0.25) is 0 Å². The van der Waals surface area contributed by atoms with Gasteiger partial charge in [0.25, 0.3) is 0 Å². The number of halogens is 1. The Hall–Kier alpha value is 0.467. The molecule has 0 saturated carbocycles. The van der Waals surface area contributed by atoms with Crippen molar-refractivity contribution in [3.63, 3.8) is 0 Å². The van der Waals surface area contributed by atoms with Gasteiger partial charge in [-0.25, -0.2) is 0 Å². The molecule has 0 saturated heterocycles. The molecule has 0 aliphatic carbocycles. The third-order valence-corrected chi connectivity index (χ3v) is 3.18. The van der Waals surface area contributed by atoms with E-state index in [0.29, 0.717) is 0 Å². The van der Waals surface area contributed by atoms with Crippen molar-refractivity contribution in [1.82, 2.24) is 6.15 Å². The van der Waals surface area contributed by atoms with Crippen LogP contribution in [0.25, 0.3) is 0 Å². The van der Waals surface area contributed by atoms with E-state index in [1.54, 1.807) is 0 Å². The fraction of sp³-hybridized carbons (Fsp3) is 1.00. The van der Waals surface area contributed by atoms with Crippen LogP contribution in [-0.2, 0) is 0 Å². The molecule has 1 nitrogen and oxygen atoms in total. The van der Waals surface area contributed by atoms with Crippen LogP contribution in [0.15, 0.2) is 0 Å². The minimum atomic E-state index is -0.763. The Morgan fingerprint density at radius 1 is 1.22 bits per heavy atom. The van der Waals surface area contributed by atoms with Crippen LogP contribution in [-0.4, -0.2) is 14.0 Å². The van der Waals surface area contributed by atoms with Crippen molar-refractivity contribution >= 4 is 19.7 Å². The SMILES string of the molecule is C[Si](C)(C)CCCCl.N. The first kappa shape index (κ1) is 12.2. The van der Waals surface area contributed by atoms with Crippen molar-refractivity contribution in [3.05, 3.63) is 0 Å². The van der Waals surface area contributed by atoms with Gasteiger partial charge >= 0.3 is 0 Å². The minimum Gasteiger partial charge on any atom is -0.344 e. The molecule has 0 aliphatic heterocycles. The molecule has 58 valence electrons. The average Bonchev–Trinajstić information content (AvgIpc) is 1.59. The summed E-state index contributed by atoms with van der Waals surface area (Å²) in [6.45, 7) is 7.12. The molecular formula is C6H18ClNSi. The topological polar surface area (TPSA) is 35.0 Å². The zero-order valence-electron chi connectivity index (χ0n) is 6.71. The molecule has 0 bridgehead atoms. The lowest BCUT2D eigenvalue weighted by molar-refractivity contribution is 1.06. The maximum absolute atomic E-state index is 5.53. The van der Waals surface area contributed by atoms with Crippen LogP contribution in [0, 0.1) is 0 Å². The molecule has 0 spiro atoms. The first-order chi connectivity index (χ1) is 3.56. The van der Waals surface area contributed by atoms with E-state index in [9.17, 15) is 0 Å². The molecule has 0 aromatic heterocycles. The molecule has 0 amide bonds. The molecule has 0 unspecified atom stereocenters. The molecule has 9 heavy (non-hydrogen) atoms. The van der Waals surface area contributed by atoms with Crippen molar-refractivity contribution in [1.29, 1.82) is 0 Å². The van der Waals surface area contributed by atoms with Crippen molar-refractivity contribution in [2.75, 3.05) is 5.88 Å². The van der Waals surface area contributed by atoms with Crippen molar-refractivity contribution in [2.45, 2.75) is 32.1 Å². The van der Waals surface area contributed by atoms with Gasteiger partial charge in [-0.15, -0.1) is 11.6 Å². The Kier molecular flexibility index (Phi) is 7.12. The standard InChI is InChI=1S/C6H15ClSi.H3N/c1-8(2,3)6-4-5-7;/h4-6H2,1-3H3;1H3. The normalized spacial score (nSPS) is 10.7. The van der Waals surface area contributed by atoms with E-state index in [0.717, 1.165) is 5.88 Å². The summed E-state index contributed by atoms with van der Waals surface area (Å²) in [6.07, 6.45) is 1.21. The maximum atomic E-state index is 5.53. The Labute approximate surface area is 64.4 Å². The van der Waals surface area contributed by atoms with Gasteiger partial charge in [-0.3, -0.25) is 0 Å². The third-order valence-electron chi connectivity index (χ3n) is 1.06. The van der Waals surface area contributed by atoms with E-state index >= 15 is 0 Å². The molecular weight excluding hydrogens is 150 g/mol. The Morgan fingerprint density at radius 3 is 1.78 bits per heavy atom. The molecule has 0 heterocycles. The van der Waals surface area contributed by atoms with Gasteiger partial charge in [-0.2, -0.15) is 0 Å². The average molecular weight is 168 g/mol. The first-order valence-electron chi connectivity index (χ1n) is 3.12. The zero-order valence-corrected chi connectivity index (χ0v) is 8.46. The zero-order chi connectivity index (χ0) is 6.62. The quantitative estimate of drug-likeness (QED) is 0.509. The molecule has 0 radical (unpaired) electrons. The first-order valence-corrected chi connectivity index (χ1v) is 7.36. The van der Waals surface area contributed by atoms with E-state index in [2.05, 4.69) is 19.6 Å². The highest BCUT2D eigenvalue weighted by Crippen LogP contribution is 2.10. The summed E-state index contributed by atoms with van der Waals surface area (Å²) in [5.41, 5.74) is 0. The fourth-order valence-corrected chi connectivity index (χ4v) is 2.19. The van der Waals surface area contributed by atoms with Crippen LogP contribution < -0.4 is 6.15 Å². The molecule has 0 rings (SSSR count). The minimum absolute atomic E-state index is 0. The smallest absolute Gasteiger partial charge is 0.0443 e. The molecule has 0 atom stereocenters. The predicted molar refractivity (Wildman–Crippen MR) is 48.5 cm³/mol. The van der Waals surface area contributed by atoms with Gasteiger partial charge in [0.1, 0.15) is 0 Å². The second-order valence-corrected chi connectivity index (χ2v) is 9.35. The number of hydrogen-bond acceptors (Lipinski definition) is 1. The summed E-state index contributed by atoms with van der Waals surface area (Å²) in [5, 5.41) is 0. The van der Waals surface area contributed by atoms with E-state index in [1.165, 1.54) is 12.5 Å². The van der Waals surface area contributed by atoms with E-state index < -0.39 is 8.07 Å². The van der Waals surface area contributed by atoms with Crippen LogP contribution in [0.4, 0.5) is 0 Å². The van der Waals surface area contributed by atoms with Crippen LogP contribution in [0.2, 0.25) is 25.7 Å². The summed E-state index contributed by atoms with van der Waals surface area (Å²) in [5.74, 6) is 0.838. The summed E-state index contributed by atoms with van der Waals surface area (Å²) < 4.78 is 0. The largest absolute Gasteiger partial charge is 0.344 e. The number of hydrogen-bond donors (Lipinski definition) is 1.